The minimum atomic E-state index is -0.705. The molecule has 1 fully saturated rings. The maximum atomic E-state index is 16.3. The summed E-state index contributed by atoms with van der Waals surface area (Å²) in [7, 11) is 1.83. The first-order chi connectivity index (χ1) is 21.3. The van der Waals surface area contributed by atoms with Crippen LogP contribution in [0.4, 0.5) is 15.8 Å². The van der Waals surface area contributed by atoms with Crippen molar-refractivity contribution in [1.29, 1.82) is 0 Å². The maximum Gasteiger partial charge on any atom is 0.282 e. The van der Waals surface area contributed by atoms with Gasteiger partial charge in [0.2, 0.25) is 5.91 Å². The van der Waals surface area contributed by atoms with Gasteiger partial charge in [0.15, 0.2) is 5.65 Å². The number of amides is 1. The molecule has 2 aliphatic rings. The van der Waals surface area contributed by atoms with E-state index in [9.17, 15) is 14.7 Å². The summed E-state index contributed by atoms with van der Waals surface area (Å²) in [4.78, 5) is 42.7. The number of aryl methyl sites for hydroxylation is 1. The van der Waals surface area contributed by atoms with Crippen LogP contribution in [-0.2, 0) is 4.79 Å². The molecule has 2 atom stereocenters. The highest BCUT2D eigenvalue weighted by Crippen LogP contribution is 2.44. The predicted octanol–water partition coefficient (Wildman–Crippen LogP) is 6.07. The van der Waals surface area contributed by atoms with E-state index in [0.717, 1.165) is 5.56 Å². The van der Waals surface area contributed by atoms with Crippen molar-refractivity contribution in [3.63, 3.8) is 0 Å². The molecule has 6 rings (SSSR count). The number of rotatable bonds is 4. The Hall–Kier alpha value is -4.15. The van der Waals surface area contributed by atoms with E-state index < -0.39 is 5.82 Å². The normalized spacial score (nSPS) is 17.9. The number of pyridine rings is 3. The molecule has 1 saturated heterocycles. The topological polar surface area (TPSA) is 94.8 Å². The molecule has 3 aromatic heterocycles. The molecule has 5 heterocycles. The smallest absolute Gasteiger partial charge is 0.282 e. The number of aromatic nitrogens is 3. The lowest BCUT2D eigenvalue weighted by atomic mass is 9.98. The van der Waals surface area contributed by atoms with Gasteiger partial charge in [-0.05, 0) is 49.6 Å². The van der Waals surface area contributed by atoms with E-state index in [4.69, 9.17) is 28.2 Å². The van der Waals surface area contributed by atoms with Crippen LogP contribution >= 0.6 is 23.2 Å². The molecule has 45 heavy (non-hydrogen) atoms. The molecule has 0 spiro atoms. The largest absolute Gasteiger partial charge is 0.508 e. The molecule has 1 amide bonds. The summed E-state index contributed by atoms with van der Waals surface area (Å²) in [6.07, 6.45) is 3.01. The van der Waals surface area contributed by atoms with Crippen LogP contribution in [0.1, 0.15) is 37.9 Å². The Morgan fingerprint density at radius 3 is 2.58 bits per heavy atom. The van der Waals surface area contributed by atoms with E-state index in [1.165, 1.54) is 28.8 Å². The molecule has 0 bridgehead atoms. The lowest BCUT2D eigenvalue weighted by Crippen LogP contribution is -2.64. The number of anilines is 2. The van der Waals surface area contributed by atoms with Gasteiger partial charge in [-0.3, -0.25) is 19.1 Å². The zero-order chi connectivity index (χ0) is 32.5. The number of phenols is 1. The Morgan fingerprint density at radius 2 is 1.89 bits per heavy atom. The molecule has 234 valence electrons. The number of fused-ring (bicyclic) bond motifs is 5. The van der Waals surface area contributed by atoms with E-state index in [1.54, 1.807) is 11.1 Å². The van der Waals surface area contributed by atoms with Crippen molar-refractivity contribution >= 4 is 51.5 Å². The summed E-state index contributed by atoms with van der Waals surface area (Å²) < 4.78 is 17.8. The number of likely N-dealkylation sites (N-methyl/N-ethyl adjacent to an activating group) is 1. The number of phenolic OH excluding ortho intramolecular Hbond substituents is 1. The third kappa shape index (κ3) is 4.91. The Morgan fingerprint density at radius 1 is 1.16 bits per heavy atom. The van der Waals surface area contributed by atoms with Crippen molar-refractivity contribution in [2.45, 2.75) is 45.7 Å². The van der Waals surface area contributed by atoms with Crippen LogP contribution in [0.3, 0.4) is 0 Å². The number of halogens is 3. The number of carbonyl (C=O) groups excluding carboxylic acids is 1. The van der Waals surface area contributed by atoms with Crippen LogP contribution in [0.5, 0.6) is 5.75 Å². The Balaban J connectivity index is 1.73. The Bertz CT molecular complexity index is 1960. The number of nitrogens with zero attached hydrogens (tertiary/aromatic N) is 6. The highest BCUT2D eigenvalue weighted by molar-refractivity contribution is 6.43. The van der Waals surface area contributed by atoms with Gasteiger partial charge in [-0.15, -0.1) is 0 Å². The second kappa shape index (κ2) is 11.3. The second-order valence-electron chi connectivity index (χ2n) is 12.1. The van der Waals surface area contributed by atoms with E-state index in [2.05, 4.69) is 16.5 Å². The molecule has 0 saturated carbocycles. The SMILES string of the molecule is C=CC(=O)N1CC2CN(C)c3c(c4cc(F)c(-c5cc(O)cc(Cl)c5Cl)nc4n(-c4c(C)ccnc4C(C)C)c3=O)N2CC1C. The summed E-state index contributed by atoms with van der Waals surface area (Å²) in [6, 6.07) is 5.38. The van der Waals surface area contributed by atoms with Crippen LogP contribution in [0.15, 0.2) is 47.9 Å². The minimum Gasteiger partial charge on any atom is -0.508 e. The van der Waals surface area contributed by atoms with Gasteiger partial charge in [0, 0.05) is 55.9 Å². The summed E-state index contributed by atoms with van der Waals surface area (Å²) in [5, 5.41) is 10.8. The summed E-state index contributed by atoms with van der Waals surface area (Å²) in [5.74, 6) is -1.12. The average molecular weight is 652 g/mol. The molecule has 0 radical (unpaired) electrons. The fraction of sp³-hybridized carbons (Fsp3) is 0.333. The number of benzene rings is 1. The van der Waals surface area contributed by atoms with Gasteiger partial charge in [-0.1, -0.05) is 43.6 Å². The Labute approximate surface area is 270 Å². The predicted molar refractivity (Wildman–Crippen MR) is 177 cm³/mol. The fourth-order valence-electron chi connectivity index (χ4n) is 6.62. The number of hydrogen-bond donors (Lipinski definition) is 1. The van der Waals surface area contributed by atoms with Crippen LogP contribution in [0, 0.1) is 12.7 Å². The number of carbonyl (C=O) groups is 1. The first-order valence-corrected chi connectivity index (χ1v) is 15.4. The van der Waals surface area contributed by atoms with Gasteiger partial charge in [-0.2, -0.15) is 0 Å². The van der Waals surface area contributed by atoms with Gasteiger partial charge in [0.1, 0.15) is 22.9 Å². The minimum absolute atomic E-state index is 0.0177. The van der Waals surface area contributed by atoms with Crippen LogP contribution in [-0.4, -0.2) is 69.2 Å². The quantitative estimate of drug-likeness (QED) is 0.268. The molecular formula is C33H33Cl2FN6O3. The molecule has 2 aliphatic heterocycles. The van der Waals surface area contributed by atoms with Crippen molar-refractivity contribution in [3.05, 3.63) is 80.6 Å². The van der Waals surface area contributed by atoms with Crippen molar-refractivity contribution in [3.8, 4) is 22.7 Å². The Kier molecular flexibility index (Phi) is 7.77. The highest BCUT2D eigenvalue weighted by Gasteiger charge is 2.41. The van der Waals surface area contributed by atoms with Crippen LogP contribution in [0.2, 0.25) is 10.0 Å². The third-order valence-electron chi connectivity index (χ3n) is 8.70. The van der Waals surface area contributed by atoms with Gasteiger partial charge in [0.05, 0.1) is 33.2 Å². The van der Waals surface area contributed by atoms with Crippen molar-refractivity contribution < 1.29 is 14.3 Å². The lowest BCUT2D eigenvalue weighted by molar-refractivity contribution is -0.128. The average Bonchev–Trinajstić information content (AvgIpc) is 2.98. The van der Waals surface area contributed by atoms with E-state index in [1.807, 2.05) is 45.7 Å². The third-order valence-corrected chi connectivity index (χ3v) is 9.50. The van der Waals surface area contributed by atoms with Gasteiger partial charge in [0.25, 0.3) is 5.56 Å². The molecule has 4 aromatic rings. The molecule has 9 nitrogen and oxygen atoms in total. The van der Waals surface area contributed by atoms with Crippen molar-refractivity contribution in [1.82, 2.24) is 19.4 Å². The molecule has 1 aromatic carbocycles. The number of hydrogen-bond acceptors (Lipinski definition) is 7. The van der Waals surface area contributed by atoms with E-state index >= 15 is 4.39 Å². The molecule has 12 heteroatoms. The van der Waals surface area contributed by atoms with Crippen molar-refractivity contribution in [2.24, 2.45) is 0 Å². The highest BCUT2D eigenvalue weighted by atomic mass is 35.5. The summed E-state index contributed by atoms with van der Waals surface area (Å²) in [6.45, 7) is 12.8. The van der Waals surface area contributed by atoms with Gasteiger partial charge in [-0.25, -0.2) is 9.37 Å². The monoisotopic (exact) mass is 650 g/mol. The lowest BCUT2D eigenvalue weighted by Gasteiger charge is -2.51. The first-order valence-electron chi connectivity index (χ1n) is 14.7. The van der Waals surface area contributed by atoms with E-state index in [-0.39, 0.29) is 62.2 Å². The molecule has 0 aliphatic carbocycles. The van der Waals surface area contributed by atoms with Crippen LogP contribution < -0.4 is 15.4 Å². The van der Waals surface area contributed by atoms with Gasteiger partial charge < -0.3 is 19.8 Å². The fourth-order valence-corrected chi connectivity index (χ4v) is 7.03. The van der Waals surface area contributed by atoms with Crippen LogP contribution in [0.25, 0.3) is 28.0 Å². The zero-order valence-corrected chi connectivity index (χ0v) is 27.1. The molecule has 1 N–H and O–H groups in total. The van der Waals surface area contributed by atoms with Crippen molar-refractivity contribution in [2.75, 3.05) is 36.5 Å². The molecule has 2 unspecified atom stereocenters. The first kappa shape index (κ1) is 30.9. The van der Waals surface area contributed by atoms with Gasteiger partial charge >= 0.3 is 0 Å². The summed E-state index contributed by atoms with van der Waals surface area (Å²) in [5.41, 5.74) is 2.80. The van der Waals surface area contributed by atoms with E-state index in [0.29, 0.717) is 47.8 Å². The zero-order valence-electron chi connectivity index (χ0n) is 25.6. The second-order valence-corrected chi connectivity index (χ2v) is 12.8. The number of aromatic hydroxyl groups is 1. The standard InChI is InChI=1S/C33H33Cl2FN6O3/c1-7-25(44)40-15-19-14-39(6)31-30(41(19)13-18(40)5)22-12-24(36)28(21-10-20(43)11-23(34)26(21)35)38-32(22)42(33(31)45)29-17(4)8-9-37-27(29)16(2)3/h7-12,16,18-19,43H,1,13-15H2,2-6H3. The summed E-state index contributed by atoms with van der Waals surface area (Å²) >= 11 is 12.8. The molecular weight excluding hydrogens is 618 g/mol. The number of piperazine rings is 1. The maximum absolute atomic E-state index is 16.3.